The molecule has 0 radical (unpaired) electrons. The average Bonchev–Trinajstić information content (AvgIpc) is 3.09. The van der Waals surface area contributed by atoms with Crippen molar-refractivity contribution in [3.8, 4) is 0 Å². The second kappa shape index (κ2) is 6.20. The molecule has 1 aliphatic heterocycles. The van der Waals surface area contributed by atoms with Crippen molar-refractivity contribution in [2.45, 2.75) is 26.3 Å². The van der Waals surface area contributed by atoms with Gasteiger partial charge in [-0.25, -0.2) is 0 Å². The molecule has 6 heteroatoms. The van der Waals surface area contributed by atoms with E-state index in [2.05, 4.69) is 21.2 Å². The summed E-state index contributed by atoms with van der Waals surface area (Å²) in [7, 11) is 0. The van der Waals surface area contributed by atoms with E-state index in [0.717, 1.165) is 11.3 Å². The van der Waals surface area contributed by atoms with Crippen LogP contribution in [0.1, 0.15) is 28.1 Å². The van der Waals surface area contributed by atoms with Crippen molar-refractivity contribution in [2.24, 2.45) is 0 Å². The first kappa shape index (κ1) is 15.8. The Kier molecular flexibility index (Phi) is 4.26. The molecule has 1 fully saturated rings. The number of halogens is 1. The second-order valence-corrected chi connectivity index (χ2v) is 6.46. The molecule has 1 aliphatic rings. The van der Waals surface area contributed by atoms with E-state index in [4.69, 9.17) is 4.42 Å². The predicted molar refractivity (Wildman–Crippen MR) is 90.5 cm³/mol. The van der Waals surface area contributed by atoms with Gasteiger partial charge in [-0.3, -0.25) is 9.59 Å². The minimum absolute atomic E-state index is 0.0905. The number of rotatable bonds is 3. The third-order valence-corrected chi connectivity index (χ3v) is 4.54. The van der Waals surface area contributed by atoms with Gasteiger partial charge in [0.2, 0.25) is 5.91 Å². The number of nitrogens with zero attached hydrogens (tertiary/aromatic N) is 1. The summed E-state index contributed by atoms with van der Waals surface area (Å²) in [6.45, 7) is 4.65. The highest BCUT2D eigenvalue weighted by Gasteiger charge is 2.34. The molecular formula is C17H17BrN2O3. The lowest BCUT2D eigenvalue weighted by Gasteiger charge is -2.18. The zero-order chi connectivity index (χ0) is 16.6. The molecule has 5 nitrogen and oxygen atoms in total. The van der Waals surface area contributed by atoms with Crippen molar-refractivity contribution in [2.75, 3.05) is 11.4 Å². The SMILES string of the molecule is Cc1ccc(N2CC[C@@H](NC(=O)c3ccc(Br)o3)C2=O)cc1C. The van der Waals surface area contributed by atoms with E-state index in [1.165, 1.54) is 5.56 Å². The third kappa shape index (κ3) is 3.17. The van der Waals surface area contributed by atoms with Crippen LogP contribution in [0.15, 0.2) is 39.4 Å². The fourth-order valence-corrected chi connectivity index (χ4v) is 2.94. The van der Waals surface area contributed by atoms with E-state index >= 15 is 0 Å². The standard InChI is InChI=1S/C17H17BrN2O3/c1-10-3-4-12(9-11(10)2)20-8-7-13(17(20)22)19-16(21)14-5-6-15(18)23-14/h3-6,9,13H,7-8H2,1-2H3,(H,19,21)/t13-/m1/s1. The van der Waals surface area contributed by atoms with E-state index in [1.807, 2.05) is 32.0 Å². The predicted octanol–water partition coefficient (Wildman–Crippen LogP) is 3.19. The number of benzene rings is 1. The smallest absolute Gasteiger partial charge is 0.287 e. The summed E-state index contributed by atoms with van der Waals surface area (Å²) in [6.07, 6.45) is 0.583. The maximum absolute atomic E-state index is 12.5. The Morgan fingerprint density at radius 2 is 2.04 bits per heavy atom. The summed E-state index contributed by atoms with van der Waals surface area (Å²) < 4.78 is 5.69. The van der Waals surface area contributed by atoms with Gasteiger partial charge >= 0.3 is 0 Å². The van der Waals surface area contributed by atoms with Crippen LogP contribution in [0.5, 0.6) is 0 Å². The second-order valence-electron chi connectivity index (χ2n) is 5.68. The van der Waals surface area contributed by atoms with Crippen LogP contribution in [0.4, 0.5) is 5.69 Å². The minimum Gasteiger partial charge on any atom is -0.444 e. The number of hydrogen-bond acceptors (Lipinski definition) is 3. The molecule has 1 saturated heterocycles. The maximum Gasteiger partial charge on any atom is 0.287 e. The quantitative estimate of drug-likeness (QED) is 0.894. The lowest BCUT2D eigenvalue weighted by atomic mass is 10.1. The van der Waals surface area contributed by atoms with Crippen molar-refractivity contribution >= 4 is 33.4 Å². The molecule has 2 amide bonds. The number of carbonyl (C=O) groups excluding carboxylic acids is 2. The summed E-state index contributed by atoms with van der Waals surface area (Å²) in [4.78, 5) is 26.4. The molecule has 2 aromatic rings. The Labute approximate surface area is 142 Å². The van der Waals surface area contributed by atoms with Crippen LogP contribution in [0.2, 0.25) is 0 Å². The van der Waals surface area contributed by atoms with Gasteiger partial charge in [0.25, 0.3) is 5.91 Å². The molecule has 1 aromatic heterocycles. The number of carbonyl (C=O) groups is 2. The summed E-state index contributed by atoms with van der Waals surface area (Å²) in [5.41, 5.74) is 3.20. The highest BCUT2D eigenvalue weighted by molar-refractivity contribution is 9.10. The van der Waals surface area contributed by atoms with Crippen LogP contribution in [0.25, 0.3) is 0 Å². The first-order valence-electron chi connectivity index (χ1n) is 7.40. The van der Waals surface area contributed by atoms with Gasteiger partial charge in [-0.1, -0.05) is 6.07 Å². The van der Waals surface area contributed by atoms with Gasteiger partial charge in [-0.05, 0) is 71.6 Å². The zero-order valence-electron chi connectivity index (χ0n) is 12.9. The molecular weight excluding hydrogens is 360 g/mol. The van der Waals surface area contributed by atoms with Gasteiger partial charge in [-0.15, -0.1) is 0 Å². The molecule has 0 bridgehead atoms. The van der Waals surface area contributed by atoms with Crippen LogP contribution in [-0.2, 0) is 4.79 Å². The monoisotopic (exact) mass is 376 g/mol. The summed E-state index contributed by atoms with van der Waals surface area (Å²) in [5, 5.41) is 2.74. The van der Waals surface area contributed by atoms with Gasteiger partial charge < -0.3 is 14.6 Å². The van der Waals surface area contributed by atoms with Gasteiger partial charge in [0.15, 0.2) is 10.4 Å². The van der Waals surface area contributed by atoms with E-state index in [0.29, 0.717) is 17.6 Å². The lowest BCUT2D eigenvalue weighted by Crippen LogP contribution is -2.41. The van der Waals surface area contributed by atoms with Gasteiger partial charge in [-0.2, -0.15) is 0 Å². The Hall–Kier alpha value is -2.08. The van der Waals surface area contributed by atoms with Gasteiger partial charge in [0.1, 0.15) is 6.04 Å². The lowest BCUT2D eigenvalue weighted by molar-refractivity contribution is -0.118. The van der Waals surface area contributed by atoms with E-state index in [1.54, 1.807) is 17.0 Å². The molecule has 1 N–H and O–H groups in total. The first-order chi connectivity index (χ1) is 11.0. The van der Waals surface area contributed by atoms with Crippen molar-refractivity contribution in [3.05, 3.63) is 51.9 Å². The van der Waals surface area contributed by atoms with E-state index < -0.39 is 6.04 Å². The van der Waals surface area contributed by atoms with E-state index in [9.17, 15) is 9.59 Å². The molecule has 1 atom stereocenters. The highest BCUT2D eigenvalue weighted by atomic mass is 79.9. The van der Waals surface area contributed by atoms with Gasteiger partial charge in [0, 0.05) is 12.2 Å². The number of nitrogens with one attached hydrogen (secondary N) is 1. The molecule has 0 saturated carbocycles. The highest BCUT2D eigenvalue weighted by Crippen LogP contribution is 2.24. The minimum atomic E-state index is -0.520. The van der Waals surface area contributed by atoms with Gasteiger partial charge in [0.05, 0.1) is 0 Å². The molecule has 1 aromatic carbocycles. The Morgan fingerprint density at radius 1 is 1.26 bits per heavy atom. The number of amides is 2. The fourth-order valence-electron chi connectivity index (χ4n) is 2.63. The summed E-state index contributed by atoms with van der Waals surface area (Å²) in [6, 6.07) is 8.64. The number of hydrogen-bond donors (Lipinski definition) is 1. The number of anilines is 1. The maximum atomic E-state index is 12.5. The molecule has 0 aliphatic carbocycles. The molecule has 23 heavy (non-hydrogen) atoms. The largest absolute Gasteiger partial charge is 0.444 e. The van der Waals surface area contributed by atoms with Crippen LogP contribution in [-0.4, -0.2) is 24.4 Å². The fraction of sp³-hybridized carbons (Fsp3) is 0.294. The average molecular weight is 377 g/mol. The van der Waals surface area contributed by atoms with E-state index in [-0.39, 0.29) is 17.6 Å². The first-order valence-corrected chi connectivity index (χ1v) is 8.20. The Balaban J connectivity index is 1.71. The van der Waals surface area contributed by atoms with Crippen molar-refractivity contribution in [1.82, 2.24) is 5.32 Å². The van der Waals surface area contributed by atoms with Crippen molar-refractivity contribution in [3.63, 3.8) is 0 Å². The van der Waals surface area contributed by atoms with Crippen LogP contribution < -0.4 is 10.2 Å². The normalized spacial score (nSPS) is 17.6. The van der Waals surface area contributed by atoms with Crippen LogP contribution in [0, 0.1) is 13.8 Å². The van der Waals surface area contributed by atoms with Crippen LogP contribution >= 0.6 is 15.9 Å². The summed E-state index contributed by atoms with van der Waals surface area (Å²) >= 11 is 3.16. The van der Waals surface area contributed by atoms with Crippen molar-refractivity contribution in [1.29, 1.82) is 0 Å². The Morgan fingerprint density at radius 3 is 2.70 bits per heavy atom. The number of furan rings is 1. The molecule has 0 spiro atoms. The molecule has 2 heterocycles. The third-order valence-electron chi connectivity index (χ3n) is 4.11. The summed E-state index contributed by atoms with van der Waals surface area (Å²) in [5.74, 6) is -0.280. The molecule has 120 valence electrons. The van der Waals surface area contributed by atoms with Crippen molar-refractivity contribution < 1.29 is 14.0 Å². The Bertz CT molecular complexity index is 769. The number of aryl methyl sites for hydroxylation is 2. The molecule has 3 rings (SSSR count). The van der Waals surface area contributed by atoms with Crippen LogP contribution in [0.3, 0.4) is 0 Å². The topological polar surface area (TPSA) is 62.6 Å². The molecule has 0 unspecified atom stereocenters. The zero-order valence-corrected chi connectivity index (χ0v) is 14.5.